The number of hydrogen-bond donors (Lipinski definition) is 1. The second-order valence-electron chi connectivity index (χ2n) is 8.45. The predicted molar refractivity (Wildman–Crippen MR) is 85.2 cm³/mol. The molecule has 0 radical (unpaired) electrons. The Morgan fingerprint density at radius 2 is 1.80 bits per heavy atom. The van der Waals surface area contributed by atoms with Gasteiger partial charge in [0, 0.05) is 17.6 Å². The Labute approximate surface area is 125 Å². The summed E-state index contributed by atoms with van der Waals surface area (Å²) in [5.74, 6) is 0.432. The van der Waals surface area contributed by atoms with Crippen LogP contribution >= 0.6 is 0 Å². The second kappa shape index (κ2) is 5.13. The van der Waals surface area contributed by atoms with E-state index in [0.29, 0.717) is 6.10 Å². The van der Waals surface area contributed by atoms with Gasteiger partial charge in [-0.3, -0.25) is 4.79 Å². The predicted octanol–water partition coefficient (Wildman–Crippen LogP) is 3.85. The van der Waals surface area contributed by atoms with E-state index in [2.05, 4.69) is 39.2 Å². The highest BCUT2D eigenvalue weighted by atomic mass is 28.4. The van der Waals surface area contributed by atoms with Gasteiger partial charge in [0.25, 0.3) is 0 Å². The Bertz CT molecular complexity index is 378. The molecule has 1 aliphatic carbocycles. The molecule has 1 aliphatic heterocycles. The molecular formula is C16H31NO2Si. The second-order valence-corrected chi connectivity index (χ2v) is 13.2. The van der Waals surface area contributed by atoms with Crippen molar-refractivity contribution >= 4 is 14.2 Å². The van der Waals surface area contributed by atoms with E-state index in [9.17, 15) is 4.79 Å². The third-order valence-corrected chi connectivity index (χ3v) is 10.2. The van der Waals surface area contributed by atoms with Crippen LogP contribution < -0.4 is 5.32 Å². The molecule has 1 N–H and O–H groups in total. The first-order valence-corrected chi connectivity index (χ1v) is 11.0. The van der Waals surface area contributed by atoms with E-state index >= 15 is 0 Å². The van der Waals surface area contributed by atoms with Gasteiger partial charge in [0.15, 0.2) is 8.32 Å². The van der Waals surface area contributed by atoms with Crippen molar-refractivity contribution in [3.63, 3.8) is 0 Å². The number of amides is 1. The molecule has 3 nitrogen and oxygen atoms in total. The maximum atomic E-state index is 11.8. The third kappa shape index (κ3) is 3.11. The first-order chi connectivity index (χ1) is 9.05. The molecule has 116 valence electrons. The quantitative estimate of drug-likeness (QED) is 0.786. The van der Waals surface area contributed by atoms with Crippen LogP contribution in [0.15, 0.2) is 0 Å². The van der Waals surface area contributed by atoms with E-state index in [1.54, 1.807) is 0 Å². The van der Waals surface area contributed by atoms with Crippen LogP contribution in [-0.4, -0.2) is 25.9 Å². The molecule has 4 heteroatoms. The molecule has 1 saturated heterocycles. The summed E-state index contributed by atoms with van der Waals surface area (Å²) < 4.78 is 6.53. The number of rotatable bonds is 2. The SMILES string of the molecule is CC1CC2(CCC(O[Si](C)(C)C(C)(C)C)CC2)NC1=O. The van der Waals surface area contributed by atoms with Gasteiger partial charge in [-0.05, 0) is 50.2 Å². The molecule has 1 amide bonds. The average molecular weight is 298 g/mol. The van der Waals surface area contributed by atoms with Gasteiger partial charge in [0.05, 0.1) is 0 Å². The molecule has 2 aliphatic rings. The van der Waals surface area contributed by atoms with Gasteiger partial charge in [-0.2, -0.15) is 0 Å². The lowest BCUT2D eigenvalue weighted by Gasteiger charge is -2.43. The maximum absolute atomic E-state index is 11.8. The van der Waals surface area contributed by atoms with E-state index in [4.69, 9.17) is 4.43 Å². The van der Waals surface area contributed by atoms with E-state index in [-0.39, 0.29) is 22.4 Å². The molecule has 1 spiro atoms. The van der Waals surface area contributed by atoms with Crippen LogP contribution in [0.1, 0.15) is 59.8 Å². The zero-order valence-corrected chi connectivity index (χ0v) is 15.0. The van der Waals surface area contributed by atoms with Crippen molar-refractivity contribution in [1.29, 1.82) is 0 Å². The highest BCUT2D eigenvalue weighted by Gasteiger charge is 2.46. The van der Waals surface area contributed by atoms with Crippen molar-refractivity contribution in [2.45, 2.75) is 89.6 Å². The minimum absolute atomic E-state index is 0.0871. The van der Waals surface area contributed by atoms with Crippen LogP contribution in [0.5, 0.6) is 0 Å². The Balaban J connectivity index is 1.91. The van der Waals surface area contributed by atoms with Crippen molar-refractivity contribution in [2.24, 2.45) is 5.92 Å². The smallest absolute Gasteiger partial charge is 0.223 e. The van der Waals surface area contributed by atoms with Crippen molar-refractivity contribution in [1.82, 2.24) is 5.32 Å². The summed E-state index contributed by atoms with van der Waals surface area (Å²) >= 11 is 0. The summed E-state index contributed by atoms with van der Waals surface area (Å²) in [6.45, 7) is 13.6. The molecule has 1 heterocycles. The lowest BCUT2D eigenvalue weighted by molar-refractivity contribution is -0.122. The van der Waals surface area contributed by atoms with E-state index in [1.165, 1.54) is 0 Å². The van der Waals surface area contributed by atoms with E-state index < -0.39 is 8.32 Å². The van der Waals surface area contributed by atoms with Gasteiger partial charge in [-0.25, -0.2) is 0 Å². The molecule has 0 bridgehead atoms. The Kier molecular flexibility index (Phi) is 4.11. The van der Waals surface area contributed by atoms with Gasteiger partial charge in [0.2, 0.25) is 5.91 Å². The minimum Gasteiger partial charge on any atom is -0.414 e. The molecule has 1 atom stereocenters. The molecular weight excluding hydrogens is 266 g/mol. The molecule has 0 aromatic rings. The average Bonchev–Trinajstić information content (AvgIpc) is 2.56. The summed E-state index contributed by atoms with van der Waals surface area (Å²) in [5, 5.41) is 3.53. The van der Waals surface area contributed by atoms with Crippen LogP contribution in [0, 0.1) is 5.92 Å². The summed E-state index contributed by atoms with van der Waals surface area (Å²) in [4.78, 5) is 11.8. The summed E-state index contributed by atoms with van der Waals surface area (Å²) in [5.41, 5.74) is 0.0871. The van der Waals surface area contributed by atoms with Crippen molar-refractivity contribution in [3.05, 3.63) is 0 Å². The largest absolute Gasteiger partial charge is 0.414 e. The van der Waals surface area contributed by atoms with E-state index in [1.807, 2.05) is 6.92 Å². The standard InChI is InChI=1S/C16H31NO2Si/c1-12-11-16(17-14(12)18)9-7-13(8-10-16)19-20(5,6)15(2,3)4/h12-13H,7-11H2,1-6H3,(H,17,18). The highest BCUT2D eigenvalue weighted by molar-refractivity contribution is 6.74. The lowest BCUT2D eigenvalue weighted by Crippen LogP contribution is -2.49. The Morgan fingerprint density at radius 3 is 2.20 bits per heavy atom. The third-order valence-electron chi connectivity index (χ3n) is 5.69. The van der Waals surface area contributed by atoms with Gasteiger partial charge in [0.1, 0.15) is 0 Å². The fourth-order valence-electron chi connectivity index (χ4n) is 3.30. The first-order valence-electron chi connectivity index (χ1n) is 8.05. The maximum Gasteiger partial charge on any atom is 0.223 e. The molecule has 0 aromatic carbocycles. The molecule has 20 heavy (non-hydrogen) atoms. The minimum atomic E-state index is -1.66. The van der Waals surface area contributed by atoms with Crippen LogP contribution in [0.3, 0.4) is 0 Å². The number of hydrogen-bond acceptors (Lipinski definition) is 2. The number of nitrogens with one attached hydrogen (secondary N) is 1. The molecule has 0 aromatic heterocycles. The number of carbonyl (C=O) groups excluding carboxylic acids is 1. The monoisotopic (exact) mass is 297 g/mol. The van der Waals surface area contributed by atoms with Gasteiger partial charge < -0.3 is 9.74 Å². The van der Waals surface area contributed by atoms with Crippen LogP contribution in [-0.2, 0) is 9.22 Å². The van der Waals surface area contributed by atoms with Gasteiger partial charge in [-0.15, -0.1) is 0 Å². The van der Waals surface area contributed by atoms with Gasteiger partial charge >= 0.3 is 0 Å². The van der Waals surface area contributed by atoms with Crippen LogP contribution in [0.2, 0.25) is 18.1 Å². The molecule has 1 saturated carbocycles. The summed E-state index contributed by atoms with van der Waals surface area (Å²) in [6.07, 6.45) is 5.77. The fraction of sp³-hybridized carbons (Fsp3) is 0.938. The number of carbonyl (C=O) groups is 1. The van der Waals surface area contributed by atoms with Crippen molar-refractivity contribution in [2.75, 3.05) is 0 Å². The molecule has 2 rings (SSSR count). The van der Waals surface area contributed by atoms with Crippen LogP contribution in [0.4, 0.5) is 0 Å². The Hall–Kier alpha value is -0.353. The lowest BCUT2D eigenvalue weighted by atomic mass is 9.78. The van der Waals surface area contributed by atoms with Crippen molar-refractivity contribution in [3.8, 4) is 0 Å². The van der Waals surface area contributed by atoms with Crippen LogP contribution in [0.25, 0.3) is 0 Å². The summed E-state index contributed by atoms with van der Waals surface area (Å²) in [6, 6.07) is 0. The zero-order valence-electron chi connectivity index (χ0n) is 14.0. The van der Waals surface area contributed by atoms with Crippen molar-refractivity contribution < 1.29 is 9.22 Å². The van der Waals surface area contributed by atoms with Gasteiger partial charge in [-0.1, -0.05) is 27.7 Å². The Morgan fingerprint density at radius 1 is 1.25 bits per heavy atom. The zero-order chi connectivity index (χ0) is 15.2. The normalized spacial score (nSPS) is 35.4. The first kappa shape index (κ1) is 16.0. The summed E-state index contributed by atoms with van der Waals surface area (Å²) in [7, 11) is -1.66. The fourth-order valence-corrected chi connectivity index (χ4v) is 4.72. The highest BCUT2D eigenvalue weighted by Crippen LogP contribution is 2.42. The molecule has 1 unspecified atom stereocenters. The van der Waals surface area contributed by atoms with E-state index in [0.717, 1.165) is 32.1 Å². The molecule has 2 fully saturated rings. The topological polar surface area (TPSA) is 38.3 Å².